The largest absolute Gasteiger partial charge is 0.466 e. The summed E-state index contributed by atoms with van der Waals surface area (Å²) >= 11 is 0. The van der Waals surface area contributed by atoms with Gasteiger partial charge in [-0.25, -0.2) is 8.78 Å². The van der Waals surface area contributed by atoms with Crippen molar-refractivity contribution in [1.29, 1.82) is 0 Å². The van der Waals surface area contributed by atoms with Crippen LogP contribution in [-0.4, -0.2) is 65.4 Å². The molecule has 3 aliphatic rings. The second kappa shape index (κ2) is 11.4. The van der Waals surface area contributed by atoms with Crippen molar-refractivity contribution in [2.24, 2.45) is 5.92 Å². The molecule has 9 heteroatoms. The van der Waals surface area contributed by atoms with Crippen LogP contribution in [0.3, 0.4) is 0 Å². The van der Waals surface area contributed by atoms with Gasteiger partial charge in [0, 0.05) is 30.9 Å². The molecular weight excluding hydrogens is 466 g/mol. The number of hydrogen-bond donors (Lipinski definition) is 3. The van der Waals surface area contributed by atoms with Crippen molar-refractivity contribution in [3.05, 3.63) is 65.5 Å². The van der Waals surface area contributed by atoms with E-state index in [1.165, 1.54) is 12.5 Å². The lowest BCUT2D eigenvalue weighted by atomic mass is 9.91. The number of aliphatic hydroxyl groups is 1. The van der Waals surface area contributed by atoms with Crippen LogP contribution >= 0.6 is 0 Å². The predicted octanol–water partition coefficient (Wildman–Crippen LogP) is 3.25. The van der Waals surface area contributed by atoms with Crippen molar-refractivity contribution in [2.75, 3.05) is 32.8 Å². The standard InChI is InChI=1S/C27H36F2N4O3/c1-19(2)17-33-24-15-27(10-8-20(24)16-30-33,36-25-7-6-21(28)14-23(25)29)26(35)31-22(18-34)9-13-32-11-4-3-5-12-32/h6-8,10,14-16,19,22,30,34H,3-5,9,11-13,17-18H2,1-2H3,(H,31,35)/t22?,27-/m0/s1. The number of amides is 1. The monoisotopic (exact) mass is 502 g/mol. The number of aliphatic hydroxyl groups excluding tert-OH is 1. The van der Waals surface area contributed by atoms with Crippen LogP contribution in [0, 0.1) is 17.6 Å². The van der Waals surface area contributed by atoms with E-state index in [2.05, 4.69) is 29.5 Å². The number of carbonyl (C=O) groups excluding carboxylic acids is 1. The Kier molecular flexibility index (Phi) is 8.31. The third-order valence-corrected chi connectivity index (χ3v) is 6.70. The summed E-state index contributed by atoms with van der Waals surface area (Å²) in [5, 5.41) is 14.8. The summed E-state index contributed by atoms with van der Waals surface area (Å²) in [6, 6.07) is 2.50. The maximum absolute atomic E-state index is 14.6. The molecule has 1 aromatic rings. The Hall–Kier alpha value is -2.91. The number of halogens is 2. The van der Waals surface area contributed by atoms with Gasteiger partial charge in [0.25, 0.3) is 5.91 Å². The second-order valence-corrected chi connectivity index (χ2v) is 10.1. The molecule has 1 aliphatic carbocycles. The lowest BCUT2D eigenvalue weighted by Crippen LogP contribution is -2.54. The SMILES string of the molecule is CC(C)CN1NC=C2C=C[C@@](Oc3ccc(F)cc3F)(C(=O)NC(CO)CCN3CCCCC3)C=C21. The fourth-order valence-corrected chi connectivity index (χ4v) is 4.74. The quantitative estimate of drug-likeness (QED) is 0.456. The molecule has 1 unspecified atom stereocenters. The lowest BCUT2D eigenvalue weighted by Gasteiger charge is -2.34. The summed E-state index contributed by atoms with van der Waals surface area (Å²) < 4.78 is 34.1. The van der Waals surface area contributed by atoms with Crippen LogP contribution in [0.25, 0.3) is 0 Å². The highest BCUT2D eigenvalue weighted by Gasteiger charge is 2.42. The number of nitrogens with zero attached hydrogens (tertiary/aromatic N) is 2. The van der Waals surface area contributed by atoms with E-state index in [9.17, 15) is 18.7 Å². The number of hydrazine groups is 1. The van der Waals surface area contributed by atoms with Crippen molar-refractivity contribution in [3.8, 4) is 5.75 Å². The van der Waals surface area contributed by atoms with Gasteiger partial charge in [0.15, 0.2) is 11.6 Å². The van der Waals surface area contributed by atoms with Crippen molar-refractivity contribution in [2.45, 2.75) is 51.2 Å². The van der Waals surface area contributed by atoms with Gasteiger partial charge in [0.05, 0.1) is 18.3 Å². The highest BCUT2D eigenvalue weighted by molar-refractivity contribution is 5.91. The molecule has 1 fully saturated rings. The van der Waals surface area contributed by atoms with Crippen LogP contribution in [0.1, 0.15) is 39.5 Å². The number of carbonyl (C=O) groups is 1. The van der Waals surface area contributed by atoms with Gasteiger partial charge in [-0.3, -0.25) is 9.80 Å². The molecule has 3 N–H and O–H groups in total. The van der Waals surface area contributed by atoms with Crippen molar-refractivity contribution < 1.29 is 23.4 Å². The minimum absolute atomic E-state index is 0.229. The predicted molar refractivity (Wildman–Crippen MR) is 134 cm³/mol. The maximum Gasteiger partial charge on any atom is 0.272 e. The van der Waals surface area contributed by atoms with E-state index in [1.54, 1.807) is 18.2 Å². The Morgan fingerprint density at radius 3 is 2.72 bits per heavy atom. The highest BCUT2D eigenvalue weighted by atomic mass is 19.1. The van der Waals surface area contributed by atoms with Crippen LogP contribution < -0.4 is 15.5 Å². The van der Waals surface area contributed by atoms with E-state index < -0.39 is 29.2 Å². The average molecular weight is 503 g/mol. The summed E-state index contributed by atoms with van der Waals surface area (Å²) in [5.41, 5.74) is 3.10. The maximum atomic E-state index is 14.6. The average Bonchev–Trinajstić information content (AvgIpc) is 3.25. The number of hydrogen-bond acceptors (Lipinski definition) is 6. The summed E-state index contributed by atoms with van der Waals surface area (Å²) in [7, 11) is 0. The van der Waals surface area contributed by atoms with Gasteiger partial charge < -0.3 is 25.5 Å². The summed E-state index contributed by atoms with van der Waals surface area (Å²) in [4.78, 5) is 16.1. The third kappa shape index (κ3) is 6.07. The summed E-state index contributed by atoms with van der Waals surface area (Å²) in [6.07, 6.45) is 10.9. The number of rotatable bonds is 10. The first-order chi connectivity index (χ1) is 17.3. The van der Waals surface area contributed by atoms with E-state index in [4.69, 9.17) is 4.74 Å². The second-order valence-electron chi connectivity index (χ2n) is 10.1. The fourth-order valence-electron chi connectivity index (χ4n) is 4.74. The van der Waals surface area contributed by atoms with Gasteiger partial charge in [-0.2, -0.15) is 0 Å². The van der Waals surface area contributed by atoms with E-state index in [0.717, 1.165) is 55.9 Å². The van der Waals surface area contributed by atoms with Crippen LogP contribution in [0.15, 0.2) is 53.9 Å². The van der Waals surface area contributed by atoms with Gasteiger partial charge in [-0.1, -0.05) is 26.3 Å². The van der Waals surface area contributed by atoms with Crippen LogP contribution in [0.4, 0.5) is 8.78 Å². The zero-order valence-electron chi connectivity index (χ0n) is 21.0. The first-order valence-electron chi connectivity index (χ1n) is 12.7. The topological polar surface area (TPSA) is 77.1 Å². The van der Waals surface area contributed by atoms with Gasteiger partial charge in [-0.05, 0) is 62.6 Å². The molecular formula is C27H36F2N4O3. The molecule has 0 radical (unpaired) electrons. The fraction of sp³-hybridized carbons (Fsp3) is 0.519. The Morgan fingerprint density at radius 2 is 2.03 bits per heavy atom. The first-order valence-corrected chi connectivity index (χ1v) is 12.7. The number of fused-ring (bicyclic) bond motifs is 1. The Balaban J connectivity index is 1.59. The number of piperidine rings is 1. The van der Waals surface area contributed by atoms with E-state index in [0.29, 0.717) is 18.9 Å². The molecule has 0 saturated carbocycles. The molecule has 1 aromatic carbocycles. The van der Waals surface area contributed by atoms with Gasteiger partial charge in [0.2, 0.25) is 5.60 Å². The molecule has 1 amide bonds. The number of allylic oxidation sites excluding steroid dienone is 1. The van der Waals surface area contributed by atoms with E-state index in [1.807, 2.05) is 11.2 Å². The minimum Gasteiger partial charge on any atom is -0.466 e. The Morgan fingerprint density at radius 1 is 1.25 bits per heavy atom. The molecule has 0 bridgehead atoms. The van der Waals surface area contributed by atoms with E-state index >= 15 is 0 Å². The number of ether oxygens (including phenoxy) is 1. The molecule has 1 saturated heterocycles. The Labute approximate surface area is 211 Å². The summed E-state index contributed by atoms with van der Waals surface area (Å²) in [6.45, 7) is 7.42. The smallest absolute Gasteiger partial charge is 0.272 e. The molecule has 0 aromatic heterocycles. The zero-order valence-corrected chi connectivity index (χ0v) is 21.0. The highest BCUT2D eigenvalue weighted by Crippen LogP contribution is 2.34. The van der Waals surface area contributed by atoms with Gasteiger partial charge >= 0.3 is 0 Å². The molecule has 7 nitrogen and oxygen atoms in total. The molecule has 2 atom stereocenters. The normalized spacial score (nSPS) is 22.6. The Bertz CT molecular complexity index is 1040. The van der Waals surface area contributed by atoms with E-state index in [-0.39, 0.29) is 12.4 Å². The molecule has 2 aliphatic heterocycles. The molecule has 196 valence electrons. The number of likely N-dealkylation sites (tertiary alicyclic amines) is 1. The molecule has 0 spiro atoms. The molecule has 2 heterocycles. The first kappa shape index (κ1) is 26.2. The van der Waals surface area contributed by atoms with Crippen LogP contribution in [0.2, 0.25) is 0 Å². The third-order valence-electron chi connectivity index (χ3n) is 6.70. The van der Waals surface area contributed by atoms with Gasteiger partial charge in [-0.15, -0.1) is 0 Å². The molecule has 36 heavy (non-hydrogen) atoms. The van der Waals surface area contributed by atoms with Crippen molar-refractivity contribution in [3.63, 3.8) is 0 Å². The van der Waals surface area contributed by atoms with Crippen molar-refractivity contribution in [1.82, 2.24) is 20.7 Å². The van der Waals surface area contributed by atoms with Crippen LogP contribution in [0.5, 0.6) is 5.75 Å². The van der Waals surface area contributed by atoms with Crippen LogP contribution in [-0.2, 0) is 4.79 Å². The molecule has 4 rings (SSSR count). The lowest BCUT2D eigenvalue weighted by molar-refractivity contribution is -0.131. The zero-order chi connectivity index (χ0) is 25.7. The number of nitrogens with one attached hydrogen (secondary N) is 2. The number of benzene rings is 1. The van der Waals surface area contributed by atoms with Crippen molar-refractivity contribution >= 4 is 5.91 Å². The minimum atomic E-state index is -1.69. The van der Waals surface area contributed by atoms with Gasteiger partial charge in [0.1, 0.15) is 5.82 Å². The summed E-state index contributed by atoms with van der Waals surface area (Å²) in [5.74, 6) is -2.06.